The van der Waals surface area contributed by atoms with Crippen LogP contribution >= 0.6 is 0 Å². The molecule has 1 unspecified atom stereocenters. The van der Waals surface area contributed by atoms with Crippen molar-refractivity contribution in [2.24, 2.45) is 17.6 Å². The number of nitrogen functional groups attached to an aromatic ring is 1. The quantitative estimate of drug-likeness (QED) is 0.486. The molecule has 0 bridgehead atoms. The van der Waals surface area contributed by atoms with Crippen molar-refractivity contribution in [1.29, 1.82) is 5.41 Å². The minimum Gasteiger partial charge on any atom is -0.384 e. The molecule has 33 heavy (non-hydrogen) atoms. The van der Waals surface area contributed by atoms with E-state index in [1.54, 1.807) is 23.1 Å². The molecule has 11 heteroatoms. The molecule has 1 atom stereocenters. The summed E-state index contributed by atoms with van der Waals surface area (Å²) in [6, 6.07) is 7.12. The third kappa shape index (κ3) is 4.98. The van der Waals surface area contributed by atoms with Gasteiger partial charge in [0.15, 0.2) is 5.03 Å². The Bertz CT molecular complexity index is 1120. The van der Waals surface area contributed by atoms with Crippen molar-refractivity contribution >= 4 is 27.6 Å². The molecular formula is C22H29N7O3S. The summed E-state index contributed by atoms with van der Waals surface area (Å²) in [6.07, 6.45) is 5.45. The van der Waals surface area contributed by atoms with Gasteiger partial charge in [-0.1, -0.05) is 19.1 Å². The predicted molar refractivity (Wildman–Crippen MR) is 124 cm³/mol. The van der Waals surface area contributed by atoms with Gasteiger partial charge in [0, 0.05) is 56.4 Å². The molecular weight excluding hydrogens is 442 g/mol. The molecule has 3 heterocycles. The minimum atomic E-state index is -3.65. The number of carbonyl (C=O) groups excluding carboxylic acids is 1. The van der Waals surface area contributed by atoms with Crippen LogP contribution in [0, 0.1) is 17.2 Å². The lowest BCUT2D eigenvalue weighted by molar-refractivity contribution is 0.154. The summed E-state index contributed by atoms with van der Waals surface area (Å²) in [5.74, 6) is 0.466. The first-order valence-corrected chi connectivity index (χ1v) is 12.5. The van der Waals surface area contributed by atoms with Gasteiger partial charge in [-0.05, 0) is 36.8 Å². The van der Waals surface area contributed by atoms with Crippen LogP contribution in [0.2, 0.25) is 0 Å². The number of hydrogen-bond acceptors (Lipinski definition) is 6. The van der Waals surface area contributed by atoms with Crippen LogP contribution in [0.25, 0.3) is 0 Å². The SMILES string of the molecule is CC1CN(CC2CCN(S(=O)(=O)c3cnccn3)CC2)C(=O)N(c2cccc(C(=N)N)c2)C1. The van der Waals surface area contributed by atoms with Crippen LogP contribution < -0.4 is 10.6 Å². The molecule has 3 N–H and O–H groups in total. The standard InChI is InChI=1S/C22H29N7O3S/c1-16-13-27(22(30)29(14-16)19-4-2-3-18(11-19)21(23)24)15-17-5-9-28(10-6-17)33(31,32)20-12-25-7-8-26-20/h2-4,7-8,11-12,16-17H,5-6,9-10,13-15H2,1H3,(H3,23,24). The van der Waals surface area contributed by atoms with Gasteiger partial charge in [0.2, 0.25) is 0 Å². The van der Waals surface area contributed by atoms with E-state index in [2.05, 4.69) is 16.9 Å². The molecule has 0 saturated carbocycles. The molecule has 2 aliphatic rings. The zero-order chi connectivity index (χ0) is 23.6. The summed E-state index contributed by atoms with van der Waals surface area (Å²) in [5, 5.41) is 7.64. The van der Waals surface area contributed by atoms with Gasteiger partial charge in [-0.15, -0.1) is 0 Å². The summed E-state index contributed by atoms with van der Waals surface area (Å²) in [7, 11) is -3.65. The van der Waals surface area contributed by atoms with Gasteiger partial charge in [-0.25, -0.2) is 18.2 Å². The number of amides is 2. The highest BCUT2D eigenvalue weighted by Gasteiger charge is 2.35. The fraction of sp³-hybridized carbons (Fsp3) is 0.455. The van der Waals surface area contributed by atoms with E-state index in [9.17, 15) is 13.2 Å². The average molecular weight is 472 g/mol. The third-order valence-electron chi connectivity index (χ3n) is 6.19. The number of sulfonamides is 1. The number of nitrogens with one attached hydrogen (secondary N) is 1. The van der Waals surface area contributed by atoms with E-state index in [1.807, 2.05) is 11.0 Å². The minimum absolute atomic E-state index is 0.0330. The number of benzene rings is 1. The molecule has 4 rings (SSSR count). The molecule has 10 nitrogen and oxygen atoms in total. The van der Waals surface area contributed by atoms with Crippen LogP contribution in [-0.4, -0.2) is 72.2 Å². The Balaban J connectivity index is 1.41. The summed E-state index contributed by atoms with van der Waals surface area (Å²) in [6.45, 7) is 4.75. The van der Waals surface area contributed by atoms with Gasteiger partial charge in [0.1, 0.15) is 5.84 Å². The molecule has 176 valence electrons. The van der Waals surface area contributed by atoms with Crippen molar-refractivity contribution < 1.29 is 13.2 Å². The highest BCUT2D eigenvalue weighted by molar-refractivity contribution is 7.89. The lowest BCUT2D eigenvalue weighted by atomic mass is 9.96. The fourth-order valence-corrected chi connectivity index (χ4v) is 5.82. The molecule has 2 amide bonds. The van der Waals surface area contributed by atoms with Crippen LogP contribution in [0.1, 0.15) is 25.3 Å². The van der Waals surface area contributed by atoms with E-state index in [1.165, 1.54) is 22.9 Å². The first-order valence-electron chi connectivity index (χ1n) is 11.0. The molecule has 0 spiro atoms. The van der Waals surface area contributed by atoms with Gasteiger partial charge in [-0.3, -0.25) is 15.3 Å². The Kier molecular flexibility index (Phi) is 6.61. The maximum Gasteiger partial charge on any atom is 0.324 e. The number of urea groups is 1. The Morgan fingerprint density at radius 3 is 2.64 bits per heavy atom. The second-order valence-electron chi connectivity index (χ2n) is 8.76. The Labute approximate surface area is 194 Å². The van der Waals surface area contributed by atoms with E-state index in [0.717, 1.165) is 5.69 Å². The number of nitrogens with zero attached hydrogens (tertiary/aromatic N) is 5. The maximum atomic E-state index is 13.3. The molecule has 1 aromatic heterocycles. The van der Waals surface area contributed by atoms with Crippen LogP contribution in [0.5, 0.6) is 0 Å². The van der Waals surface area contributed by atoms with Crippen LogP contribution in [0.15, 0.2) is 47.9 Å². The third-order valence-corrected chi connectivity index (χ3v) is 7.98. The molecule has 0 radical (unpaired) electrons. The number of carbonyl (C=O) groups is 1. The van der Waals surface area contributed by atoms with Crippen molar-refractivity contribution in [1.82, 2.24) is 19.2 Å². The molecule has 2 aliphatic heterocycles. The van der Waals surface area contributed by atoms with E-state index in [-0.39, 0.29) is 28.7 Å². The first-order chi connectivity index (χ1) is 15.8. The Morgan fingerprint density at radius 1 is 1.21 bits per heavy atom. The summed E-state index contributed by atoms with van der Waals surface area (Å²) in [4.78, 5) is 24.7. The smallest absolute Gasteiger partial charge is 0.324 e. The molecule has 1 aromatic carbocycles. The molecule has 2 aromatic rings. The topological polar surface area (TPSA) is 137 Å². The second-order valence-corrected chi connectivity index (χ2v) is 10.6. The van der Waals surface area contributed by atoms with Gasteiger partial charge >= 0.3 is 6.03 Å². The summed E-state index contributed by atoms with van der Waals surface area (Å²) in [5.41, 5.74) is 6.93. The first kappa shape index (κ1) is 23.1. The van der Waals surface area contributed by atoms with Crippen molar-refractivity contribution in [3.8, 4) is 0 Å². The zero-order valence-electron chi connectivity index (χ0n) is 18.6. The van der Waals surface area contributed by atoms with Crippen LogP contribution in [-0.2, 0) is 10.0 Å². The van der Waals surface area contributed by atoms with Crippen molar-refractivity contribution in [3.05, 3.63) is 48.4 Å². The Morgan fingerprint density at radius 2 is 1.97 bits per heavy atom. The number of anilines is 1. The summed E-state index contributed by atoms with van der Waals surface area (Å²) >= 11 is 0. The monoisotopic (exact) mass is 471 g/mol. The highest BCUT2D eigenvalue weighted by Crippen LogP contribution is 2.27. The average Bonchev–Trinajstić information content (AvgIpc) is 2.82. The number of piperidine rings is 1. The molecule has 2 fully saturated rings. The van der Waals surface area contributed by atoms with E-state index >= 15 is 0 Å². The van der Waals surface area contributed by atoms with Crippen molar-refractivity contribution in [2.45, 2.75) is 24.8 Å². The fourth-order valence-electron chi connectivity index (χ4n) is 4.48. The van der Waals surface area contributed by atoms with Crippen LogP contribution in [0.4, 0.5) is 10.5 Å². The number of amidine groups is 1. The summed E-state index contributed by atoms with van der Waals surface area (Å²) < 4.78 is 27.0. The van der Waals surface area contributed by atoms with Gasteiger partial charge in [-0.2, -0.15) is 4.31 Å². The normalized spacial score (nSPS) is 20.8. The number of nitrogens with two attached hydrogens (primary N) is 1. The lowest BCUT2D eigenvalue weighted by Crippen LogP contribution is -2.55. The van der Waals surface area contributed by atoms with Crippen LogP contribution in [0.3, 0.4) is 0 Å². The van der Waals surface area contributed by atoms with Crippen molar-refractivity contribution in [3.63, 3.8) is 0 Å². The zero-order valence-corrected chi connectivity index (χ0v) is 19.4. The van der Waals surface area contributed by atoms with E-state index in [4.69, 9.17) is 11.1 Å². The molecule has 2 saturated heterocycles. The number of rotatable bonds is 6. The Hall–Kier alpha value is -3.05. The van der Waals surface area contributed by atoms with Gasteiger partial charge in [0.25, 0.3) is 10.0 Å². The number of hydrogen-bond donors (Lipinski definition) is 2. The predicted octanol–water partition coefficient (Wildman–Crippen LogP) is 1.74. The maximum absolute atomic E-state index is 13.3. The second kappa shape index (κ2) is 9.44. The van der Waals surface area contributed by atoms with Gasteiger partial charge in [0.05, 0.1) is 6.20 Å². The van der Waals surface area contributed by atoms with Gasteiger partial charge < -0.3 is 10.6 Å². The van der Waals surface area contributed by atoms with E-state index < -0.39 is 10.0 Å². The van der Waals surface area contributed by atoms with E-state index in [0.29, 0.717) is 51.1 Å². The van der Waals surface area contributed by atoms with Crippen molar-refractivity contribution in [2.75, 3.05) is 37.6 Å². The largest absolute Gasteiger partial charge is 0.384 e. The highest BCUT2D eigenvalue weighted by atomic mass is 32.2. The lowest BCUT2D eigenvalue weighted by Gasteiger charge is -2.41. The number of aromatic nitrogens is 2. The molecule has 0 aliphatic carbocycles.